The molecule has 2 aromatic rings. The Labute approximate surface area is 233 Å². The monoisotopic (exact) mass is 546 g/mol. The maximum Gasteiger partial charge on any atom is 0.242 e. The van der Waals surface area contributed by atoms with E-state index in [-0.39, 0.29) is 18.4 Å². The minimum absolute atomic E-state index is 0.0256. The van der Waals surface area contributed by atoms with Gasteiger partial charge < -0.3 is 24.0 Å². The Kier molecular flexibility index (Phi) is 14.9. The molecule has 1 aromatic heterocycles. The molecule has 0 aliphatic carbocycles. The minimum Gasteiger partial charge on any atom is -0.493 e. The number of carbonyl (C=O) groups is 2. The number of hydrogen-bond acceptors (Lipinski definition) is 6. The van der Waals surface area contributed by atoms with Crippen LogP contribution in [0.3, 0.4) is 0 Å². The number of thiophene rings is 1. The second-order valence-corrected chi connectivity index (χ2v) is 11.0. The van der Waals surface area contributed by atoms with Gasteiger partial charge in [-0.25, -0.2) is 0 Å². The van der Waals surface area contributed by atoms with E-state index in [1.165, 1.54) is 24.1 Å². The van der Waals surface area contributed by atoms with Gasteiger partial charge in [0, 0.05) is 36.4 Å². The van der Waals surface area contributed by atoms with Crippen molar-refractivity contribution in [2.75, 3.05) is 47.6 Å². The van der Waals surface area contributed by atoms with Crippen LogP contribution in [0, 0.1) is 6.92 Å². The van der Waals surface area contributed by atoms with Gasteiger partial charge in [-0.3, -0.25) is 9.59 Å². The molecule has 0 fully saturated rings. The molecule has 212 valence electrons. The smallest absolute Gasteiger partial charge is 0.242 e. The predicted octanol–water partition coefficient (Wildman–Crippen LogP) is 5.87. The van der Waals surface area contributed by atoms with Crippen LogP contribution >= 0.6 is 11.3 Å². The van der Waals surface area contributed by atoms with E-state index in [1.54, 1.807) is 37.6 Å². The van der Waals surface area contributed by atoms with E-state index in [0.717, 1.165) is 29.7 Å². The van der Waals surface area contributed by atoms with Gasteiger partial charge in [-0.05, 0) is 49.6 Å². The summed E-state index contributed by atoms with van der Waals surface area (Å²) in [5, 5.41) is 0. The average Bonchev–Trinajstić information content (AvgIpc) is 3.34. The molecular weight excluding hydrogens is 500 g/mol. The van der Waals surface area contributed by atoms with Gasteiger partial charge in [-0.1, -0.05) is 45.1 Å². The van der Waals surface area contributed by atoms with Gasteiger partial charge in [-0.15, -0.1) is 11.3 Å². The second kappa shape index (κ2) is 17.8. The number of methoxy groups -OCH3 is 3. The summed E-state index contributed by atoms with van der Waals surface area (Å²) in [7, 11) is 4.85. The van der Waals surface area contributed by atoms with E-state index in [9.17, 15) is 9.59 Å². The summed E-state index contributed by atoms with van der Waals surface area (Å²) in [5.74, 6) is 1.32. The van der Waals surface area contributed by atoms with Crippen LogP contribution in [-0.2, 0) is 27.3 Å². The van der Waals surface area contributed by atoms with Crippen LogP contribution in [0.4, 0.5) is 0 Å². The summed E-state index contributed by atoms with van der Waals surface area (Å²) in [6, 6.07) is 9.98. The number of hydrogen-bond donors (Lipinski definition) is 0. The molecule has 0 aliphatic heterocycles. The van der Waals surface area contributed by atoms with Crippen molar-refractivity contribution in [1.29, 1.82) is 0 Å². The summed E-state index contributed by atoms with van der Waals surface area (Å²) in [6.07, 6.45) is 7.87. The topological polar surface area (TPSA) is 68.3 Å². The van der Waals surface area contributed by atoms with Crippen LogP contribution in [0.2, 0.25) is 0 Å². The van der Waals surface area contributed by atoms with Crippen LogP contribution in [-0.4, -0.2) is 69.2 Å². The number of unbranched alkanes of at least 4 members (excludes halogenated alkanes) is 5. The number of carbonyl (C=O) groups excluding carboxylic acids is 2. The van der Waals surface area contributed by atoms with Gasteiger partial charge in [0.05, 0.1) is 33.9 Å². The zero-order chi connectivity index (χ0) is 27.8. The molecule has 38 heavy (non-hydrogen) atoms. The Balaban J connectivity index is 2.07. The van der Waals surface area contributed by atoms with Crippen molar-refractivity contribution in [1.82, 2.24) is 9.80 Å². The van der Waals surface area contributed by atoms with Crippen LogP contribution in [0.25, 0.3) is 0 Å². The summed E-state index contributed by atoms with van der Waals surface area (Å²) in [6.45, 7) is 6.21. The molecule has 1 heterocycles. The maximum absolute atomic E-state index is 13.6. The molecule has 0 spiro atoms. The summed E-state index contributed by atoms with van der Waals surface area (Å²) in [4.78, 5) is 32.5. The van der Waals surface area contributed by atoms with Gasteiger partial charge in [0.2, 0.25) is 11.8 Å². The molecule has 0 radical (unpaired) electrons. The molecular formula is C30H46N2O5S. The minimum atomic E-state index is -0.0519. The van der Waals surface area contributed by atoms with Crippen LogP contribution in [0.5, 0.6) is 11.5 Å². The van der Waals surface area contributed by atoms with Crippen molar-refractivity contribution in [2.24, 2.45) is 0 Å². The number of rotatable bonds is 19. The van der Waals surface area contributed by atoms with E-state index >= 15 is 0 Å². The number of amides is 2. The Bertz CT molecular complexity index is 977. The van der Waals surface area contributed by atoms with Gasteiger partial charge in [0.1, 0.15) is 0 Å². The van der Waals surface area contributed by atoms with E-state index in [1.807, 2.05) is 23.1 Å². The van der Waals surface area contributed by atoms with Gasteiger partial charge in [0.25, 0.3) is 0 Å². The van der Waals surface area contributed by atoms with Crippen molar-refractivity contribution >= 4 is 23.2 Å². The van der Waals surface area contributed by atoms with Crippen LogP contribution in [0.15, 0.2) is 30.3 Å². The van der Waals surface area contributed by atoms with Crippen molar-refractivity contribution in [2.45, 2.75) is 71.8 Å². The molecule has 0 aliphatic rings. The summed E-state index contributed by atoms with van der Waals surface area (Å²) in [5.41, 5.74) is 1.05. The first kappa shape index (κ1) is 31.6. The van der Waals surface area contributed by atoms with E-state index < -0.39 is 0 Å². The molecule has 7 nitrogen and oxygen atoms in total. The fraction of sp³-hybridized carbons (Fsp3) is 0.600. The largest absolute Gasteiger partial charge is 0.493 e. The standard InChI is InChI=1S/C30H46N2O5S/c1-6-7-8-9-10-11-12-29(33)32(19-20-35-3)23-30(34)31(22-26-15-13-24(2)38-26)18-17-25-14-16-27(36-4)28(21-25)37-5/h13-16,21H,6-12,17-20,22-23H2,1-5H3. The third-order valence-electron chi connectivity index (χ3n) is 6.60. The lowest BCUT2D eigenvalue weighted by molar-refractivity contribution is -0.141. The Morgan fingerprint density at radius 1 is 0.842 bits per heavy atom. The number of ether oxygens (including phenoxy) is 3. The maximum atomic E-state index is 13.6. The lowest BCUT2D eigenvalue weighted by Gasteiger charge is -2.28. The molecule has 1 aromatic carbocycles. The molecule has 2 amide bonds. The number of nitrogens with zero attached hydrogens (tertiary/aromatic N) is 2. The van der Waals surface area contributed by atoms with Crippen molar-refractivity contribution in [3.8, 4) is 11.5 Å². The zero-order valence-electron chi connectivity index (χ0n) is 23.9. The fourth-order valence-electron chi connectivity index (χ4n) is 4.32. The lowest BCUT2D eigenvalue weighted by atomic mass is 10.1. The first-order valence-corrected chi connectivity index (χ1v) is 14.5. The molecule has 0 N–H and O–H groups in total. The predicted molar refractivity (Wildman–Crippen MR) is 154 cm³/mol. The first-order valence-electron chi connectivity index (χ1n) is 13.7. The average molecular weight is 547 g/mol. The first-order chi connectivity index (χ1) is 18.4. The molecule has 0 unspecified atom stereocenters. The number of benzene rings is 1. The van der Waals surface area contributed by atoms with E-state index in [2.05, 4.69) is 26.0 Å². The molecule has 0 saturated heterocycles. The SMILES string of the molecule is CCCCCCCCC(=O)N(CCOC)CC(=O)N(CCc1ccc(OC)c(OC)c1)Cc1ccc(C)s1. The number of aryl methyl sites for hydroxylation is 1. The van der Waals surface area contributed by atoms with Gasteiger partial charge >= 0.3 is 0 Å². The highest BCUT2D eigenvalue weighted by molar-refractivity contribution is 7.11. The molecule has 0 saturated carbocycles. The Morgan fingerprint density at radius 2 is 1.58 bits per heavy atom. The highest BCUT2D eigenvalue weighted by atomic mass is 32.1. The molecule has 0 bridgehead atoms. The van der Waals surface area contributed by atoms with Crippen LogP contribution in [0.1, 0.15) is 67.2 Å². The zero-order valence-corrected chi connectivity index (χ0v) is 24.7. The van der Waals surface area contributed by atoms with Crippen molar-refractivity contribution in [3.63, 3.8) is 0 Å². The third kappa shape index (κ3) is 11.0. The van der Waals surface area contributed by atoms with Crippen molar-refractivity contribution in [3.05, 3.63) is 45.6 Å². The van der Waals surface area contributed by atoms with Crippen LogP contribution < -0.4 is 9.47 Å². The molecule has 2 rings (SSSR count). The third-order valence-corrected chi connectivity index (χ3v) is 7.59. The highest BCUT2D eigenvalue weighted by Crippen LogP contribution is 2.28. The van der Waals surface area contributed by atoms with Crippen molar-refractivity contribution < 1.29 is 23.8 Å². The Morgan fingerprint density at radius 3 is 2.24 bits per heavy atom. The van der Waals surface area contributed by atoms with Gasteiger partial charge in [-0.2, -0.15) is 0 Å². The van der Waals surface area contributed by atoms with E-state index in [0.29, 0.717) is 50.6 Å². The molecule has 0 atom stereocenters. The fourth-order valence-corrected chi connectivity index (χ4v) is 5.23. The van der Waals surface area contributed by atoms with E-state index in [4.69, 9.17) is 14.2 Å². The van der Waals surface area contributed by atoms with Gasteiger partial charge in [0.15, 0.2) is 11.5 Å². The highest BCUT2D eigenvalue weighted by Gasteiger charge is 2.22. The lowest BCUT2D eigenvalue weighted by Crippen LogP contribution is -2.44. The summed E-state index contributed by atoms with van der Waals surface area (Å²) >= 11 is 1.69. The second-order valence-electron chi connectivity index (χ2n) is 9.59. The molecule has 8 heteroatoms. The quantitative estimate of drug-likeness (QED) is 0.206. The normalized spacial score (nSPS) is 10.9. The summed E-state index contributed by atoms with van der Waals surface area (Å²) < 4.78 is 16.0. The Hall–Kier alpha value is -2.58.